The second-order valence-corrected chi connectivity index (χ2v) is 12.1. The van der Waals surface area contributed by atoms with Crippen molar-refractivity contribution in [3.05, 3.63) is 94.2 Å². The maximum absolute atomic E-state index is 14.2. The first-order valence-electron chi connectivity index (χ1n) is 13.5. The van der Waals surface area contributed by atoms with E-state index in [1.807, 2.05) is 0 Å². The van der Waals surface area contributed by atoms with Crippen LogP contribution in [0, 0.1) is 5.92 Å². The predicted molar refractivity (Wildman–Crippen MR) is 165 cm³/mol. The number of halogens is 1. The molecule has 0 bridgehead atoms. The van der Waals surface area contributed by atoms with E-state index in [1.54, 1.807) is 60.3 Å². The summed E-state index contributed by atoms with van der Waals surface area (Å²) in [7, 11) is 2.88. The van der Waals surface area contributed by atoms with Gasteiger partial charge in [0, 0.05) is 51.9 Å². The van der Waals surface area contributed by atoms with E-state index >= 15 is 0 Å². The van der Waals surface area contributed by atoms with Crippen molar-refractivity contribution in [2.45, 2.75) is 17.5 Å². The number of fused-ring (bicyclic) bond motifs is 4. The topological polar surface area (TPSA) is 129 Å². The molecule has 4 N–H and O–H groups in total. The molecule has 11 heteroatoms. The second kappa shape index (κ2) is 11.2. The van der Waals surface area contributed by atoms with Gasteiger partial charge in [-0.1, -0.05) is 29.8 Å². The van der Waals surface area contributed by atoms with Gasteiger partial charge in [0.1, 0.15) is 11.3 Å². The molecule has 0 radical (unpaired) electrons. The van der Waals surface area contributed by atoms with Gasteiger partial charge in [-0.05, 0) is 59.7 Å². The number of hydrogen-bond acceptors (Lipinski definition) is 9. The summed E-state index contributed by atoms with van der Waals surface area (Å²) in [5.74, 6) is -0.781. The zero-order valence-corrected chi connectivity index (χ0v) is 24.9. The molecule has 3 heterocycles. The number of phenols is 2. The summed E-state index contributed by atoms with van der Waals surface area (Å²) in [6, 6.07) is 14.5. The first-order chi connectivity index (χ1) is 20.7. The summed E-state index contributed by atoms with van der Waals surface area (Å²) < 4.78 is 10.5. The van der Waals surface area contributed by atoms with Crippen LogP contribution < -0.4 is 14.8 Å². The van der Waals surface area contributed by atoms with Crippen LogP contribution in [-0.2, 0) is 15.1 Å². The highest BCUT2D eigenvalue weighted by atomic mass is 35.5. The van der Waals surface area contributed by atoms with Gasteiger partial charge in [-0.25, -0.2) is 0 Å². The van der Waals surface area contributed by atoms with Crippen molar-refractivity contribution in [3.63, 3.8) is 0 Å². The number of carbonyl (C=O) groups excluding carboxylic acids is 2. The lowest BCUT2D eigenvalue weighted by atomic mass is 9.70. The number of aromatic hydroxyl groups is 2. The van der Waals surface area contributed by atoms with E-state index < -0.39 is 17.4 Å². The highest BCUT2D eigenvalue weighted by molar-refractivity contribution is 7.99. The third kappa shape index (κ3) is 4.70. The van der Waals surface area contributed by atoms with E-state index in [9.17, 15) is 24.9 Å². The molecule has 2 fully saturated rings. The fourth-order valence-corrected chi connectivity index (χ4v) is 8.11. The molecule has 1 amide bonds. The molecular formula is C32H29ClN2O7S. The number of ketones is 1. The minimum absolute atomic E-state index is 0.0144. The molecule has 3 aliphatic rings. The van der Waals surface area contributed by atoms with Gasteiger partial charge in [0.05, 0.1) is 14.2 Å². The van der Waals surface area contributed by atoms with Crippen LogP contribution in [0.15, 0.2) is 72.5 Å². The molecular weight excluding hydrogens is 592 g/mol. The number of methoxy groups -OCH3 is 2. The zero-order valence-electron chi connectivity index (χ0n) is 23.3. The molecule has 3 aromatic carbocycles. The number of benzene rings is 3. The number of nitrogens with zero attached hydrogens (tertiary/aromatic N) is 1. The summed E-state index contributed by atoms with van der Waals surface area (Å²) >= 11 is 8.10. The van der Waals surface area contributed by atoms with Gasteiger partial charge >= 0.3 is 0 Å². The maximum Gasteiger partial charge on any atom is 0.250 e. The van der Waals surface area contributed by atoms with Crippen molar-refractivity contribution in [1.82, 2.24) is 4.90 Å². The highest BCUT2D eigenvalue weighted by Gasteiger charge is 2.69. The molecule has 222 valence electrons. The van der Waals surface area contributed by atoms with E-state index in [1.165, 1.54) is 38.5 Å². The van der Waals surface area contributed by atoms with Crippen LogP contribution in [0.3, 0.4) is 0 Å². The fourth-order valence-electron chi connectivity index (χ4n) is 6.61. The summed E-state index contributed by atoms with van der Waals surface area (Å²) in [5, 5.41) is 34.5. The first kappa shape index (κ1) is 29.0. The molecule has 0 aliphatic carbocycles. The van der Waals surface area contributed by atoms with Gasteiger partial charge in [-0.2, -0.15) is 0 Å². The molecule has 0 saturated carbocycles. The first-order valence-corrected chi connectivity index (χ1v) is 15.0. The van der Waals surface area contributed by atoms with Crippen molar-refractivity contribution >= 4 is 46.8 Å². The Morgan fingerprint density at radius 2 is 1.79 bits per heavy atom. The van der Waals surface area contributed by atoms with Crippen molar-refractivity contribution in [2.24, 2.45) is 5.92 Å². The molecule has 2 saturated heterocycles. The Morgan fingerprint density at radius 3 is 2.53 bits per heavy atom. The van der Waals surface area contributed by atoms with Crippen LogP contribution in [-0.4, -0.2) is 63.8 Å². The van der Waals surface area contributed by atoms with Crippen LogP contribution in [0.4, 0.5) is 5.69 Å². The molecule has 0 aromatic heterocycles. The van der Waals surface area contributed by atoms with E-state index in [0.29, 0.717) is 39.0 Å². The predicted octanol–water partition coefficient (Wildman–Crippen LogP) is 5.43. The van der Waals surface area contributed by atoms with Gasteiger partial charge in [0.15, 0.2) is 28.8 Å². The lowest BCUT2D eigenvalue weighted by Gasteiger charge is -2.37. The fraction of sp³-hybridized carbons (Fsp3) is 0.250. The molecule has 6 rings (SSSR count). The van der Waals surface area contributed by atoms with Gasteiger partial charge in [-0.15, -0.1) is 11.8 Å². The van der Waals surface area contributed by atoms with Crippen LogP contribution >= 0.6 is 23.4 Å². The second-order valence-electron chi connectivity index (χ2n) is 10.6. The maximum atomic E-state index is 14.2. The quantitative estimate of drug-likeness (QED) is 0.155. The monoisotopic (exact) mass is 620 g/mol. The van der Waals surface area contributed by atoms with Crippen LogP contribution in [0.25, 0.3) is 6.08 Å². The van der Waals surface area contributed by atoms with Crippen LogP contribution in [0.1, 0.15) is 22.6 Å². The van der Waals surface area contributed by atoms with E-state index in [4.69, 9.17) is 21.1 Å². The zero-order chi connectivity index (χ0) is 30.5. The van der Waals surface area contributed by atoms with Crippen molar-refractivity contribution in [2.75, 3.05) is 31.2 Å². The third-order valence-corrected chi connectivity index (χ3v) is 9.69. The normalized spacial score (nSPS) is 24.8. The smallest absolute Gasteiger partial charge is 0.250 e. The Kier molecular flexibility index (Phi) is 7.53. The lowest BCUT2D eigenvalue weighted by Crippen LogP contribution is -2.50. The molecule has 43 heavy (non-hydrogen) atoms. The van der Waals surface area contributed by atoms with E-state index in [2.05, 4.69) is 10.2 Å². The molecule has 3 aliphatic heterocycles. The largest absolute Gasteiger partial charge is 0.508 e. The standard InChI is InChI=1S/C32H29ClN2O7S/c1-41-27-11-17(4-9-24(27)37)3-7-20(36)14-26(39)29-23-15-43-16-35(23)32(21-13-19(33)6-8-22(21)34-31(32)40)30(29)18-5-10-25(38)28(12-18)42-2/h3-14,23,29-30,36-38H,15-16H2,1-2H3,(H,34,40)/b7-3+,20-14-. The Balaban J connectivity index is 1.46. The molecule has 3 aromatic rings. The van der Waals surface area contributed by atoms with Gasteiger partial charge < -0.3 is 30.1 Å². The number of thioether (sulfide) groups is 1. The van der Waals surface area contributed by atoms with Crippen molar-refractivity contribution in [3.8, 4) is 23.0 Å². The Labute approximate surface area is 257 Å². The average molecular weight is 621 g/mol. The number of aliphatic hydroxyl groups is 1. The number of ether oxygens (including phenoxy) is 2. The van der Waals surface area contributed by atoms with Crippen LogP contribution in [0.5, 0.6) is 23.0 Å². The highest BCUT2D eigenvalue weighted by Crippen LogP contribution is 2.62. The summed E-state index contributed by atoms with van der Waals surface area (Å²) in [4.78, 5) is 30.4. The van der Waals surface area contributed by atoms with Gasteiger partial charge in [-0.3, -0.25) is 14.5 Å². The number of aliphatic hydroxyl groups excluding tert-OH is 1. The number of hydrogen-bond donors (Lipinski definition) is 4. The molecule has 4 atom stereocenters. The summed E-state index contributed by atoms with van der Waals surface area (Å²) in [6.45, 7) is 0. The van der Waals surface area contributed by atoms with E-state index in [-0.39, 0.29) is 46.5 Å². The molecule has 1 spiro atoms. The number of rotatable bonds is 7. The number of carbonyl (C=O) groups is 2. The van der Waals surface area contributed by atoms with Crippen molar-refractivity contribution < 1.29 is 34.4 Å². The molecule has 4 unspecified atom stereocenters. The minimum Gasteiger partial charge on any atom is -0.508 e. The minimum atomic E-state index is -1.27. The summed E-state index contributed by atoms with van der Waals surface area (Å²) in [6.07, 6.45) is 4.18. The Bertz CT molecular complexity index is 1690. The molecule has 9 nitrogen and oxygen atoms in total. The number of phenolic OH excluding ortho intramolecular Hbond substituents is 2. The summed E-state index contributed by atoms with van der Waals surface area (Å²) in [5.41, 5.74) is 1.32. The van der Waals surface area contributed by atoms with Gasteiger partial charge in [0.25, 0.3) is 0 Å². The number of allylic oxidation sites excluding steroid dienone is 2. The Hall–Kier alpha value is -4.12. The van der Waals surface area contributed by atoms with Gasteiger partial charge in [0.2, 0.25) is 5.91 Å². The third-order valence-electron chi connectivity index (χ3n) is 8.41. The number of amides is 1. The number of anilines is 1. The SMILES string of the molecule is COc1cc(/C=C/C(O)=C/C(=O)C2C3CSCN3C3(C(=O)Nc4ccc(Cl)cc43)C2c2ccc(O)c(OC)c2)ccc1O. The Morgan fingerprint density at radius 1 is 1.07 bits per heavy atom. The lowest BCUT2D eigenvalue weighted by molar-refractivity contribution is -0.126. The average Bonchev–Trinajstić information content (AvgIpc) is 3.65. The van der Waals surface area contributed by atoms with E-state index in [0.717, 1.165) is 0 Å². The van der Waals surface area contributed by atoms with Crippen LogP contribution in [0.2, 0.25) is 5.02 Å². The van der Waals surface area contributed by atoms with Crippen molar-refractivity contribution in [1.29, 1.82) is 0 Å². The number of nitrogens with one attached hydrogen (secondary N) is 1.